The van der Waals surface area contributed by atoms with Gasteiger partial charge in [0.15, 0.2) is 5.69 Å². The van der Waals surface area contributed by atoms with Crippen LogP contribution in [0.2, 0.25) is 5.02 Å². The number of hydrogen-bond acceptors (Lipinski definition) is 5. The number of carbonyl (C=O) groups is 3. The Hall–Kier alpha value is -3.64. The number of benzene rings is 2. The molecule has 1 heterocycles. The second kappa shape index (κ2) is 10.2. The molecule has 1 aromatic heterocycles. The summed E-state index contributed by atoms with van der Waals surface area (Å²) in [6.07, 6.45) is -0.674. The van der Waals surface area contributed by atoms with Gasteiger partial charge in [-0.25, -0.2) is 13.2 Å². The number of aliphatic carboxylic acids is 1. The molecule has 0 atom stereocenters. The van der Waals surface area contributed by atoms with Gasteiger partial charge in [-0.3, -0.25) is 19.1 Å². The molecule has 0 aliphatic heterocycles. The van der Waals surface area contributed by atoms with E-state index in [0.29, 0.717) is 10.9 Å². The summed E-state index contributed by atoms with van der Waals surface area (Å²) < 4.78 is 41.5. The fourth-order valence-electron chi connectivity index (χ4n) is 3.88. The topological polar surface area (TPSA) is 125 Å². The molecule has 4 rings (SSSR count). The third kappa shape index (κ3) is 5.77. The number of fused-ring (bicyclic) bond motifs is 1. The predicted octanol–water partition coefficient (Wildman–Crippen LogP) is 3.17. The third-order valence-corrected chi connectivity index (χ3v) is 5.91. The maximum Gasteiger partial charge on any atom is 0.325 e. The molecule has 1 saturated carbocycles. The number of anilines is 1. The molecule has 1 fully saturated rings. The molecule has 36 heavy (non-hydrogen) atoms. The van der Waals surface area contributed by atoms with Gasteiger partial charge in [0.25, 0.3) is 11.8 Å². The van der Waals surface area contributed by atoms with Crippen LogP contribution in [0.1, 0.15) is 28.9 Å². The van der Waals surface area contributed by atoms with E-state index in [2.05, 4.69) is 21.0 Å². The van der Waals surface area contributed by atoms with Gasteiger partial charge in [0.05, 0.1) is 17.1 Å². The Morgan fingerprint density at radius 1 is 1.19 bits per heavy atom. The first-order valence-electron chi connectivity index (χ1n) is 10.9. The van der Waals surface area contributed by atoms with Crippen molar-refractivity contribution in [2.75, 3.05) is 11.9 Å². The number of carboxylic acids is 1. The van der Waals surface area contributed by atoms with Crippen LogP contribution in [0, 0.1) is 5.82 Å². The lowest BCUT2D eigenvalue weighted by molar-refractivity contribution is -0.137. The molecule has 13 heteroatoms. The van der Waals surface area contributed by atoms with Gasteiger partial charge in [-0.15, -0.1) is 0 Å². The molecule has 0 saturated heterocycles. The standard InChI is InChI=1S/C23H21ClF3N5O4/c24-16-6-13(5-12(20(16)25)9-29-18(33)10-28-14-7-23(26,27)8-14)30-22(36)21-15-3-1-2-4-17(15)32(31-21)11-19(34)35/h1-6,14,28H,7-11H2,(H,29,33)(H,30,36)(H,34,35). The normalized spacial score (nSPS) is 14.9. The SMILES string of the molecule is O=C(O)Cn1nc(C(=O)Nc2cc(Cl)c(F)c(CNC(=O)CNC3CC(F)(F)C3)c2)c2ccccc21. The lowest BCUT2D eigenvalue weighted by Crippen LogP contribution is -2.50. The van der Waals surface area contributed by atoms with Crippen molar-refractivity contribution < 1.29 is 32.7 Å². The van der Waals surface area contributed by atoms with Crippen LogP contribution < -0.4 is 16.0 Å². The molecule has 2 amide bonds. The van der Waals surface area contributed by atoms with Gasteiger partial charge >= 0.3 is 5.97 Å². The molecule has 0 radical (unpaired) electrons. The molecule has 9 nitrogen and oxygen atoms in total. The van der Waals surface area contributed by atoms with E-state index >= 15 is 0 Å². The average molecular weight is 524 g/mol. The molecular weight excluding hydrogens is 503 g/mol. The highest BCUT2D eigenvalue weighted by molar-refractivity contribution is 6.31. The summed E-state index contributed by atoms with van der Waals surface area (Å²) in [6.45, 7) is -0.913. The molecule has 1 aliphatic carbocycles. The van der Waals surface area contributed by atoms with E-state index in [1.54, 1.807) is 24.3 Å². The van der Waals surface area contributed by atoms with Gasteiger partial charge < -0.3 is 21.1 Å². The summed E-state index contributed by atoms with van der Waals surface area (Å²) in [5.74, 6) is -5.83. The van der Waals surface area contributed by atoms with Crippen molar-refractivity contribution in [1.29, 1.82) is 0 Å². The highest BCUT2D eigenvalue weighted by Crippen LogP contribution is 2.37. The first-order chi connectivity index (χ1) is 17.0. The fraction of sp³-hybridized carbons (Fsp3) is 0.304. The summed E-state index contributed by atoms with van der Waals surface area (Å²) in [5.41, 5.74) is 0.532. The van der Waals surface area contributed by atoms with E-state index in [4.69, 9.17) is 16.7 Å². The van der Waals surface area contributed by atoms with Crippen LogP contribution in [0.4, 0.5) is 18.9 Å². The minimum absolute atomic E-state index is 0.0115. The Morgan fingerprint density at radius 3 is 2.61 bits per heavy atom. The van der Waals surface area contributed by atoms with Crippen LogP contribution in [0.15, 0.2) is 36.4 Å². The average Bonchev–Trinajstić information content (AvgIpc) is 3.15. The van der Waals surface area contributed by atoms with Gasteiger partial charge in [0.2, 0.25) is 5.91 Å². The number of rotatable bonds is 9. The number of alkyl halides is 2. The van der Waals surface area contributed by atoms with Crippen LogP contribution in [-0.2, 0) is 22.7 Å². The van der Waals surface area contributed by atoms with Crippen molar-refractivity contribution in [2.45, 2.75) is 37.9 Å². The van der Waals surface area contributed by atoms with Crippen LogP contribution in [0.3, 0.4) is 0 Å². The number of carbonyl (C=O) groups excluding carboxylic acids is 2. The molecule has 0 unspecified atom stereocenters. The number of aromatic nitrogens is 2. The minimum atomic E-state index is -2.71. The lowest BCUT2D eigenvalue weighted by Gasteiger charge is -2.35. The number of para-hydroxylation sites is 1. The minimum Gasteiger partial charge on any atom is -0.480 e. The number of nitrogens with zero attached hydrogens (tertiary/aromatic N) is 2. The van der Waals surface area contributed by atoms with Crippen molar-refractivity contribution in [3.05, 3.63) is 58.5 Å². The Balaban J connectivity index is 1.43. The Kier molecular flexibility index (Phi) is 7.18. The van der Waals surface area contributed by atoms with E-state index in [1.165, 1.54) is 16.8 Å². The van der Waals surface area contributed by atoms with Crippen molar-refractivity contribution in [3.63, 3.8) is 0 Å². The molecule has 1 aliphatic rings. The van der Waals surface area contributed by atoms with E-state index in [9.17, 15) is 27.6 Å². The summed E-state index contributed by atoms with van der Waals surface area (Å²) >= 11 is 5.97. The van der Waals surface area contributed by atoms with Gasteiger partial charge in [0, 0.05) is 42.1 Å². The smallest absolute Gasteiger partial charge is 0.325 e. The maximum absolute atomic E-state index is 14.5. The molecule has 0 spiro atoms. The summed E-state index contributed by atoms with van der Waals surface area (Å²) in [6, 6.07) is 8.62. The van der Waals surface area contributed by atoms with E-state index < -0.39 is 42.1 Å². The van der Waals surface area contributed by atoms with Crippen molar-refractivity contribution in [3.8, 4) is 0 Å². The number of carboxylic acid groups (broad SMARTS) is 1. The lowest BCUT2D eigenvalue weighted by atomic mass is 9.88. The zero-order chi connectivity index (χ0) is 26.0. The second-order valence-electron chi connectivity index (χ2n) is 8.42. The largest absolute Gasteiger partial charge is 0.480 e. The second-order valence-corrected chi connectivity index (χ2v) is 8.83. The summed E-state index contributed by atoms with van der Waals surface area (Å²) in [7, 11) is 0. The monoisotopic (exact) mass is 523 g/mol. The quantitative estimate of drug-likeness (QED) is 0.341. The Labute approximate surface area is 207 Å². The molecule has 3 aromatic rings. The fourth-order valence-corrected chi connectivity index (χ4v) is 4.12. The molecule has 0 bridgehead atoms. The van der Waals surface area contributed by atoms with Crippen molar-refractivity contribution in [2.24, 2.45) is 0 Å². The van der Waals surface area contributed by atoms with Gasteiger partial charge in [-0.1, -0.05) is 29.8 Å². The number of halogens is 4. The number of amides is 2. The highest BCUT2D eigenvalue weighted by Gasteiger charge is 2.45. The third-order valence-electron chi connectivity index (χ3n) is 5.64. The van der Waals surface area contributed by atoms with E-state index in [1.807, 2.05) is 0 Å². The van der Waals surface area contributed by atoms with Gasteiger partial charge in [-0.05, 0) is 18.2 Å². The van der Waals surface area contributed by atoms with Crippen LogP contribution in [-0.4, -0.2) is 51.2 Å². The van der Waals surface area contributed by atoms with Crippen molar-refractivity contribution in [1.82, 2.24) is 20.4 Å². The van der Waals surface area contributed by atoms with Gasteiger partial charge in [-0.2, -0.15) is 5.10 Å². The van der Waals surface area contributed by atoms with Gasteiger partial charge in [0.1, 0.15) is 12.4 Å². The maximum atomic E-state index is 14.5. The zero-order valence-electron chi connectivity index (χ0n) is 18.7. The summed E-state index contributed by atoms with van der Waals surface area (Å²) in [4.78, 5) is 36.1. The van der Waals surface area contributed by atoms with Crippen LogP contribution >= 0.6 is 11.6 Å². The first-order valence-corrected chi connectivity index (χ1v) is 11.2. The van der Waals surface area contributed by atoms with E-state index in [-0.39, 0.29) is 47.9 Å². The number of nitrogens with one attached hydrogen (secondary N) is 3. The van der Waals surface area contributed by atoms with Crippen LogP contribution in [0.5, 0.6) is 0 Å². The Morgan fingerprint density at radius 2 is 1.92 bits per heavy atom. The zero-order valence-corrected chi connectivity index (χ0v) is 19.4. The van der Waals surface area contributed by atoms with E-state index in [0.717, 1.165) is 0 Å². The number of hydrogen-bond donors (Lipinski definition) is 4. The molecule has 4 N–H and O–H groups in total. The Bertz CT molecular complexity index is 1340. The molecule has 190 valence electrons. The highest BCUT2D eigenvalue weighted by atomic mass is 35.5. The predicted molar refractivity (Wildman–Crippen MR) is 125 cm³/mol. The van der Waals surface area contributed by atoms with Crippen LogP contribution in [0.25, 0.3) is 10.9 Å². The van der Waals surface area contributed by atoms with Crippen molar-refractivity contribution >= 4 is 46.0 Å². The first kappa shape index (κ1) is 25.5. The molecular formula is C23H21ClF3N5O4. The molecule has 2 aromatic carbocycles. The summed E-state index contributed by atoms with van der Waals surface area (Å²) in [5, 5.41) is 21.1.